The molecule has 0 unspecified atom stereocenters. The van der Waals surface area contributed by atoms with E-state index in [-0.39, 0.29) is 0 Å². The third-order valence-corrected chi connectivity index (χ3v) is 12.2. The molecule has 0 atom stereocenters. The Bertz CT molecular complexity index is 3280. The van der Waals surface area contributed by atoms with E-state index in [1.807, 2.05) is 18.3 Å². The Hall–Kier alpha value is -7.53. The lowest BCUT2D eigenvalue weighted by molar-refractivity contribution is 1.32. The van der Waals surface area contributed by atoms with Crippen LogP contribution in [0.3, 0.4) is 0 Å². The summed E-state index contributed by atoms with van der Waals surface area (Å²) in [6.45, 7) is 0. The molecule has 0 aliphatic rings. The van der Waals surface area contributed by atoms with Crippen molar-refractivity contribution in [1.82, 2.24) is 15.0 Å². The van der Waals surface area contributed by atoms with Crippen LogP contribution in [-0.2, 0) is 0 Å². The predicted octanol–water partition coefficient (Wildman–Crippen LogP) is 15.1. The molecule has 59 heavy (non-hydrogen) atoms. The van der Waals surface area contributed by atoms with E-state index in [2.05, 4.69) is 199 Å². The maximum absolute atomic E-state index is 5.26. The standard InChI is InChI=1S/C55H35N3S/c1-3-12-36(13-4-1)46-33-51(38-15-5-2-6-16-38)57-52(34-46)43-19-10-18-42(31-43)48-27-25-37-14-7-8-22-47(37)54(48)44-20-9-17-40(30-44)41-26-28-49-53(35-41)59-55(58-49)45-24-23-39-21-11-29-56-50(39)32-45/h1-35H. The molecule has 0 radical (unpaired) electrons. The van der Waals surface area contributed by atoms with E-state index in [1.54, 1.807) is 11.3 Å². The van der Waals surface area contributed by atoms with Crippen LogP contribution in [0.5, 0.6) is 0 Å². The van der Waals surface area contributed by atoms with E-state index in [1.165, 1.54) is 33.0 Å². The van der Waals surface area contributed by atoms with Gasteiger partial charge in [0.15, 0.2) is 0 Å². The van der Waals surface area contributed by atoms with Crippen LogP contribution >= 0.6 is 11.3 Å². The fourth-order valence-corrected chi connectivity index (χ4v) is 9.18. The van der Waals surface area contributed by atoms with Crippen molar-refractivity contribution in [2.45, 2.75) is 0 Å². The fraction of sp³-hybridized carbons (Fsp3) is 0. The van der Waals surface area contributed by atoms with Gasteiger partial charge in [0.2, 0.25) is 0 Å². The van der Waals surface area contributed by atoms with Crippen molar-refractivity contribution in [2.24, 2.45) is 0 Å². The zero-order valence-electron chi connectivity index (χ0n) is 32.0. The SMILES string of the molecule is c1ccc(-c2cc(-c3ccccc3)nc(-c3cccc(-c4ccc5ccccc5c4-c4cccc(-c5ccc6nc(-c7ccc8cccnc8c7)sc6c5)c4)c3)c2)cc1. The summed E-state index contributed by atoms with van der Waals surface area (Å²) in [5, 5.41) is 4.56. The molecular weight excluding hydrogens is 735 g/mol. The number of aromatic nitrogens is 3. The number of thiazole rings is 1. The lowest BCUT2D eigenvalue weighted by atomic mass is 9.88. The van der Waals surface area contributed by atoms with Gasteiger partial charge in [0.25, 0.3) is 0 Å². The molecule has 0 fully saturated rings. The second kappa shape index (κ2) is 14.8. The molecule has 4 heteroatoms. The van der Waals surface area contributed by atoms with Gasteiger partial charge in [-0.25, -0.2) is 9.97 Å². The highest BCUT2D eigenvalue weighted by Crippen LogP contribution is 2.42. The van der Waals surface area contributed by atoms with Crippen LogP contribution in [0.4, 0.5) is 0 Å². The molecule has 0 bridgehead atoms. The smallest absolute Gasteiger partial charge is 0.124 e. The van der Waals surface area contributed by atoms with Gasteiger partial charge in [-0.3, -0.25) is 4.98 Å². The average Bonchev–Trinajstić information content (AvgIpc) is 3.75. The molecule has 0 saturated heterocycles. The minimum atomic E-state index is 0.940. The second-order valence-corrected chi connectivity index (χ2v) is 15.9. The van der Waals surface area contributed by atoms with Gasteiger partial charge in [-0.15, -0.1) is 11.3 Å². The molecule has 0 N–H and O–H groups in total. The van der Waals surface area contributed by atoms with Gasteiger partial charge >= 0.3 is 0 Å². The van der Waals surface area contributed by atoms with Crippen molar-refractivity contribution in [3.8, 4) is 77.6 Å². The van der Waals surface area contributed by atoms with Gasteiger partial charge in [-0.2, -0.15) is 0 Å². The number of rotatable bonds is 7. The summed E-state index contributed by atoms with van der Waals surface area (Å²) in [6, 6.07) is 73.6. The Balaban J connectivity index is 1.00. The minimum Gasteiger partial charge on any atom is -0.256 e. The van der Waals surface area contributed by atoms with Crippen molar-refractivity contribution in [3.63, 3.8) is 0 Å². The second-order valence-electron chi connectivity index (χ2n) is 14.8. The summed E-state index contributed by atoms with van der Waals surface area (Å²) in [4.78, 5) is 14.9. The van der Waals surface area contributed by atoms with E-state index in [4.69, 9.17) is 9.97 Å². The van der Waals surface area contributed by atoms with Crippen molar-refractivity contribution < 1.29 is 0 Å². The van der Waals surface area contributed by atoms with Crippen molar-refractivity contribution in [3.05, 3.63) is 212 Å². The first-order valence-corrected chi connectivity index (χ1v) is 20.6. The zero-order valence-corrected chi connectivity index (χ0v) is 32.8. The molecule has 0 spiro atoms. The Morgan fingerprint density at radius 1 is 0.339 bits per heavy atom. The van der Waals surface area contributed by atoms with E-state index >= 15 is 0 Å². The van der Waals surface area contributed by atoms with E-state index in [0.29, 0.717) is 0 Å². The van der Waals surface area contributed by atoms with Gasteiger partial charge in [-0.1, -0.05) is 158 Å². The van der Waals surface area contributed by atoms with Crippen molar-refractivity contribution >= 4 is 43.2 Å². The fourth-order valence-electron chi connectivity index (χ4n) is 8.18. The van der Waals surface area contributed by atoms with Crippen LogP contribution in [0.2, 0.25) is 0 Å². The molecule has 3 aromatic heterocycles. The van der Waals surface area contributed by atoms with Gasteiger partial charge in [0, 0.05) is 28.3 Å². The first-order valence-electron chi connectivity index (χ1n) is 19.8. The summed E-state index contributed by atoms with van der Waals surface area (Å²) in [6.07, 6.45) is 1.84. The summed E-state index contributed by atoms with van der Waals surface area (Å²) in [5.74, 6) is 0. The van der Waals surface area contributed by atoms with Crippen LogP contribution in [0.25, 0.3) is 109 Å². The maximum Gasteiger partial charge on any atom is 0.124 e. The number of pyridine rings is 2. The van der Waals surface area contributed by atoms with E-state index in [0.717, 1.165) is 76.5 Å². The summed E-state index contributed by atoms with van der Waals surface area (Å²) in [7, 11) is 0. The zero-order chi connectivity index (χ0) is 39.1. The molecule has 0 amide bonds. The summed E-state index contributed by atoms with van der Waals surface area (Å²) >= 11 is 1.72. The monoisotopic (exact) mass is 769 g/mol. The number of hydrogen-bond donors (Lipinski definition) is 0. The molecule has 0 aliphatic carbocycles. The average molecular weight is 770 g/mol. The highest BCUT2D eigenvalue weighted by molar-refractivity contribution is 7.21. The van der Waals surface area contributed by atoms with Gasteiger partial charge in [-0.05, 0) is 104 Å². The Morgan fingerprint density at radius 3 is 1.85 bits per heavy atom. The molecule has 11 aromatic rings. The lowest BCUT2D eigenvalue weighted by Gasteiger charge is -2.16. The topological polar surface area (TPSA) is 38.7 Å². The number of hydrogen-bond acceptors (Lipinski definition) is 4. The summed E-state index contributed by atoms with van der Waals surface area (Å²) < 4.78 is 1.16. The van der Waals surface area contributed by atoms with Gasteiger partial charge in [0.1, 0.15) is 5.01 Å². The van der Waals surface area contributed by atoms with Crippen LogP contribution in [0.1, 0.15) is 0 Å². The normalized spacial score (nSPS) is 11.4. The molecule has 276 valence electrons. The molecule has 0 aliphatic heterocycles. The maximum atomic E-state index is 5.26. The highest BCUT2D eigenvalue weighted by Gasteiger charge is 2.16. The van der Waals surface area contributed by atoms with E-state index in [9.17, 15) is 0 Å². The Kier molecular flexibility index (Phi) is 8.68. The van der Waals surface area contributed by atoms with Gasteiger partial charge < -0.3 is 0 Å². The molecule has 3 nitrogen and oxygen atoms in total. The molecule has 8 aromatic carbocycles. The van der Waals surface area contributed by atoms with Crippen LogP contribution < -0.4 is 0 Å². The Morgan fingerprint density at radius 2 is 0.983 bits per heavy atom. The van der Waals surface area contributed by atoms with Crippen molar-refractivity contribution in [2.75, 3.05) is 0 Å². The highest BCUT2D eigenvalue weighted by atomic mass is 32.1. The van der Waals surface area contributed by atoms with Crippen molar-refractivity contribution in [1.29, 1.82) is 0 Å². The molecule has 0 saturated carbocycles. The van der Waals surface area contributed by atoms with Crippen LogP contribution in [-0.4, -0.2) is 15.0 Å². The van der Waals surface area contributed by atoms with Gasteiger partial charge in [0.05, 0.1) is 27.1 Å². The first-order chi connectivity index (χ1) is 29.2. The summed E-state index contributed by atoms with van der Waals surface area (Å²) in [5.41, 5.74) is 16.5. The quantitative estimate of drug-likeness (QED) is 0.162. The number of fused-ring (bicyclic) bond motifs is 3. The minimum absolute atomic E-state index is 0.940. The Labute approximate surface area is 346 Å². The lowest BCUT2D eigenvalue weighted by Crippen LogP contribution is -1.93. The molecule has 3 heterocycles. The number of nitrogens with zero attached hydrogens (tertiary/aromatic N) is 3. The van der Waals surface area contributed by atoms with Crippen LogP contribution in [0, 0.1) is 0 Å². The van der Waals surface area contributed by atoms with E-state index < -0.39 is 0 Å². The number of benzene rings is 8. The first kappa shape index (κ1) is 34.7. The molecule has 11 rings (SSSR count). The third kappa shape index (κ3) is 6.66. The third-order valence-electron chi connectivity index (χ3n) is 11.1. The van der Waals surface area contributed by atoms with Crippen LogP contribution in [0.15, 0.2) is 212 Å². The predicted molar refractivity (Wildman–Crippen MR) is 248 cm³/mol. The largest absolute Gasteiger partial charge is 0.256 e. The molecular formula is C55H35N3S.